The minimum Gasteiger partial charge on any atom is -0.312 e. The van der Waals surface area contributed by atoms with Crippen LogP contribution in [0.3, 0.4) is 0 Å². The van der Waals surface area contributed by atoms with Crippen molar-refractivity contribution in [3.05, 3.63) is 77.1 Å². The molecule has 0 amide bonds. The number of hydrogen-bond donors (Lipinski definition) is 0. The molecule has 0 aliphatic heterocycles. The average Bonchev–Trinajstić information content (AvgIpc) is 3.17. The summed E-state index contributed by atoms with van der Waals surface area (Å²) in [5.41, 5.74) is 1.92. The summed E-state index contributed by atoms with van der Waals surface area (Å²) in [5, 5.41) is 14.2. The fourth-order valence-electron chi connectivity index (χ4n) is 3.09. The lowest BCUT2D eigenvalue weighted by Gasteiger charge is -2.11. The zero-order valence-corrected chi connectivity index (χ0v) is 16.2. The van der Waals surface area contributed by atoms with E-state index in [1.807, 2.05) is 66.2 Å². The molecule has 0 spiro atoms. The Labute approximate surface area is 169 Å². The van der Waals surface area contributed by atoms with Crippen LogP contribution in [0, 0.1) is 0 Å². The molecule has 0 aliphatic rings. The summed E-state index contributed by atoms with van der Waals surface area (Å²) in [6.07, 6.45) is 1.65. The lowest BCUT2D eigenvalue weighted by Crippen LogP contribution is -2.18. The monoisotopic (exact) mass is 401 g/mol. The van der Waals surface area contributed by atoms with Gasteiger partial charge in [-0.15, -0.1) is 10.2 Å². The highest BCUT2D eigenvalue weighted by molar-refractivity contribution is 7.98. The molecule has 0 bridgehead atoms. The van der Waals surface area contributed by atoms with E-state index in [9.17, 15) is 4.79 Å². The normalized spacial score (nSPS) is 11.3. The van der Waals surface area contributed by atoms with Gasteiger partial charge in [-0.05, 0) is 12.1 Å². The Kier molecular flexibility index (Phi) is 4.28. The number of rotatable bonds is 4. The molecule has 0 saturated carbocycles. The van der Waals surface area contributed by atoms with Gasteiger partial charge in [0.05, 0.1) is 11.3 Å². The van der Waals surface area contributed by atoms with E-state index in [-0.39, 0.29) is 5.56 Å². The molecule has 0 N–H and O–H groups in total. The summed E-state index contributed by atoms with van der Waals surface area (Å²) >= 11 is 1.50. The van der Waals surface area contributed by atoms with Crippen LogP contribution in [-0.2, 0) is 12.8 Å². The average molecular weight is 401 g/mol. The maximum Gasteiger partial charge on any atom is 0.300 e. The molecule has 0 unspecified atom stereocenters. The summed E-state index contributed by atoms with van der Waals surface area (Å²) in [4.78, 5) is 21.9. The first kappa shape index (κ1) is 17.5. The number of thioether (sulfide) groups is 1. The number of benzene rings is 2. The first-order valence-corrected chi connectivity index (χ1v) is 9.90. The Morgan fingerprint density at radius 2 is 1.79 bits per heavy atom. The second-order valence-corrected chi connectivity index (χ2v) is 7.37. The van der Waals surface area contributed by atoms with Gasteiger partial charge in [0.15, 0.2) is 16.5 Å². The molecule has 3 aromatic heterocycles. The van der Waals surface area contributed by atoms with E-state index in [4.69, 9.17) is 4.98 Å². The summed E-state index contributed by atoms with van der Waals surface area (Å²) in [7, 11) is 1.89. The van der Waals surface area contributed by atoms with Gasteiger partial charge in [-0.2, -0.15) is 14.6 Å². The van der Waals surface area contributed by atoms with Gasteiger partial charge >= 0.3 is 0 Å². The Balaban J connectivity index is 1.73. The molecule has 0 radical (unpaired) electrons. The molecule has 0 aliphatic carbocycles. The zero-order chi connectivity index (χ0) is 19.8. The second kappa shape index (κ2) is 7.10. The number of aromatic nitrogens is 7. The van der Waals surface area contributed by atoms with Gasteiger partial charge in [-0.3, -0.25) is 4.79 Å². The first-order valence-electron chi connectivity index (χ1n) is 8.91. The quantitative estimate of drug-likeness (QED) is 0.338. The largest absolute Gasteiger partial charge is 0.312 e. The van der Waals surface area contributed by atoms with Crippen LogP contribution in [0.25, 0.3) is 27.8 Å². The predicted octanol–water partition coefficient (Wildman–Crippen LogP) is 2.73. The third kappa shape index (κ3) is 3.15. The highest BCUT2D eigenvalue weighted by Crippen LogP contribution is 2.23. The predicted molar refractivity (Wildman–Crippen MR) is 111 cm³/mol. The third-order valence-corrected chi connectivity index (χ3v) is 5.53. The lowest BCUT2D eigenvalue weighted by molar-refractivity contribution is 0.783. The standard InChI is InChI=1S/C20H15N7OS/c1-26-12-21-24-20(26)29-11-16-22-15-10-6-5-9-14(15)18-23-19(28)17(25-27(16)18)13-7-3-2-4-8-13/h2-10,12H,11H2,1H3. The molecule has 29 heavy (non-hydrogen) atoms. The van der Waals surface area contributed by atoms with Crippen molar-refractivity contribution in [1.29, 1.82) is 0 Å². The third-order valence-electron chi connectivity index (χ3n) is 4.50. The van der Waals surface area contributed by atoms with Crippen molar-refractivity contribution in [3.8, 4) is 11.3 Å². The Bertz CT molecular complexity index is 1390. The van der Waals surface area contributed by atoms with Crippen molar-refractivity contribution in [1.82, 2.24) is 34.3 Å². The van der Waals surface area contributed by atoms with Gasteiger partial charge in [0.2, 0.25) is 0 Å². The van der Waals surface area contributed by atoms with Gasteiger partial charge < -0.3 is 4.57 Å². The molecule has 3 heterocycles. The van der Waals surface area contributed by atoms with Crippen molar-refractivity contribution < 1.29 is 0 Å². The SMILES string of the molecule is Cn1cnnc1SCc1nc2ccccc2c2nc(=O)c(-c3ccccc3)nn12. The molecule has 5 rings (SSSR count). The van der Waals surface area contributed by atoms with Gasteiger partial charge in [0.1, 0.15) is 12.2 Å². The summed E-state index contributed by atoms with van der Waals surface area (Å²) in [5.74, 6) is 1.18. The van der Waals surface area contributed by atoms with Gasteiger partial charge in [-0.25, -0.2) is 4.98 Å². The van der Waals surface area contributed by atoms with E-state index in [1.54, 1.807) is 10.8 Å². The van der Waals surface area contributed by atoms with Gasteiger partial charge in [0, 0.05) is 18.0 Å². The maximum absolute atomic E-state index is 12.7. The van der Waals surface area contributed by atoms with Gasteiger partial charge in [-0.1, -0.05) is 54.2 Å². The minimum atomic E-state index is -0.362. The van der Waals surface area contributed by atoms with Crippen LogP contribution in [0.5, 0.6) is 0 Å². The molecule has 9 heteroatoms. The highest BCUT2D eigenvalue weighted by Gasteiger charge is 2.15. The molecule has 8 nitrogen and oxygen atoms in total. The van der Waals surface area contributed by atoms with E-state index < -0.39 is 0 Å². The van der Waals surface area contributed by atoms with Gasteiger partial charge in [0.25, 0.3) is 5.56 Å². The summed E-state index contributed by atoms with van der Waals surface area (Å²) in [6.45, 7) is 0. The molecule has 5 aromatic rings. The van der Waals surface area contributed by atoms with Crippen LogP contribution >= 0.6 is 11.8 Å². The molecular formula is C20H15N7OS. The van der Waals surface area contributed by atoms with Crippen molar-refractivity contribution >= 4 is 28.3 Å². The molecule has 142 valence electrons. The van der Waals surface area contributed by atoms with Crippen LogP contribution in [0.1, 0.15) is 5.82 Å². The highest BCUT2D eigenvalue weighted by atomic mass is 32.2. The van der Waals surface area contributed by atoms with Crippen molar-refractivity contribution in [2.75, 3.05) is 0 Å². The molecule has 0 saturated heterocycles. The topological polar surface area (TPSA) is 90.9 Å². The van der Waals surface area contributed by atoms with Crippen LogP contribution in [0.15, 0.2) is 70.9 Å². The molecule has 0 fully saturated rings. The number of nitrogens with zero attached hydrogens (tertiary/aromatic N) is 7. The van der Waals surface area contributed by atoms with Crippen molar-refractivity contribution in [3.63, 3.8) is 0 Å². The van der Waals surface area contributed by atoms with E-state index in [0.717, 1.165) is 21.6 Å². The number of aryl methyl sites for hydroxylation is 1. The number of hydrogen-bond acceptors (Lipinski definition) is 7. The Morgan fingerprint density at radius 3 is 2.59 bits per heavy atom. The van der Waals surface area contributed by atoms with E-state index in [2.05, 4.69) is 20.3 Å². The van der Waals surface area contributed by atoms with E-state index in [1.165, 1.54) is 11.8 Å². The molecule has 2 aromatic carbocycles. The molecule has 0 atom stereocenters. The Morgan fingerprint density at radius 1 is 1.00 bits per heavy atom. The van der Waals surface area contributed by atoms with Crippen molar-refractivity contribution in [2.24, 2.45) is 7.05 Å². The summed E-state index contributed by atoms with van der Waals surface area (Å²) < 4.78 is 3.50. The first-order chi connectivity index (χ1) is 14.2. The van der Waals surface area contributed by atoms with Crippen LogP contribution in [-0.4, -0.2) is 34.3 Å². The fraction of sp³-hybridized carbons (Fsp3) is 0.100. The lowest BCUT2D eigenvalue weighted by atomic mass is 10.2. The fourth-order valence-corrected chi connectivity index (χ4v) is 3.89. The zero-order valence-electron chi connectivity index (χ0n) is 15.4. The Hall–Kier alpha value is -3.59. The maximum atomic E-state index is 12.7. The van der Waals surface area contributed by atoms with Crippen LogP contribution in [0.2, 0.25) is 0 Å². The summed E-state index contributed by atoms with van der Waals surface area (Å²) in [6, 6.07) is 16.9. The number of fused-ring (bicyclic) bond motifs is 3. The molecular weight excluding hydrogens is 386 g/mol. The second-order valence-electron chi connectivity index (χ2n) is 6.43. The minimum absolute atomic E-state index is 0.296. The number of para-hydroxylation sites is 1. The van der Waals surface area contributed by atoms with Crippen molar-refractivity contribution in [2.45, 2.75) is 10.9 Å². The van der Waals surface area contributed by atoms with Crippen LogP contribution < -0.4 is 5.56 Å². The van der Waals surface area contributed by atoms with E-state index >= 15 is 0 Å². The smallest absolute Gasteiger partial charge is 0.300 e. The van der Waals surface area contributed by atoms with E-state index in [0.29, 0.717) is 22.9 Å². The van der Waals surface area contributed by atoms with Crippen LogP contribution in [0.4, 0.5) is 0 Å².